The quantitative estimate of drug-likeness (QED) is 0.815. The van der Waals surface area contributed by atoms with Gasteiger partial charge >= 0.3 is 0 Å². The van der Waals surface area contributed by atoms with E-state index in [1.54, 1.807) is 11.3 Å². The Morgan fingerprint density at radius 2 is 1.96 bits per heavy atom. The van der Waals surface area contributed by atoms with Gasteiger partial charge in [0.1, 0.15) is 5.75 Å². The molecule has 1 aromatic carbocycles. The second kappa shape index (κ2) is 9.11. The molecule has 0 bridgehead atoms. The number of halogens is 3. The smallest absolute Gasteiger partial charge is 0.123 e. The number of nitrogens with one attached hydrogen (secondary N) is 1. The lowest BCUT2D eigenvalue weighted by atomic mass is 9.99. The fourth-order valence-corrected chi connectivity index (χ4v) is 4.04. The van der Waals surface area contributed by atoms with Gasteiger partial charge in [0.2, 0.25) is 0 Å². The van der Waals surface area contributed by atoms with Crippen molar-refractivity contribution in [2.24, 2.45) is 0 Å². The molecule has 1 saturated heterocycles. The van der Waals surface area contributed by atoms with E-state index in [9.17, 15) is 5.11 Å². The highest BCUT2D eigenvalue weighted by molar-refractivity contribution is 7.10. The molecule has 128 valence electrons. The molecule has 0 amide bonds. The molecule has 2 aromatic rings. The van der Waals surface area contributed by atoms with Crippen molar-refractivity contribution < 1.29 is 5.11 Å². The Hall–Kier alpha value is -0.490. The summed E-state index contributed by atoms with van der Waals surface area (Å²) in [5.74, 6) is 0.358. The van der Waals surface area contributed by atoms with E-state index in [1.807, 2.05) is 19.1 Å². The van der Waals surface area contributed by atoms with Crippen molar-refractivity contribution in [2.75, 3.05) is 26.2 Å². The van der Waals surface area contributed by atoms with Gasteiger partial charge in [-0.15, -0.1) is 36.2 Å². The summed E-state index contributed by atoms with van der Waals surface area (Å²) in [6.45, 7) is 5.78. The number of phenolic OH excluding ortho intramolecular Hbond substituents is 1. The highest BCUT2D eigenvalue weighted by Crippen LogP contribution is 2.39. The van der Waals surface area contributed by atoms with E-state index >= 15 is 0 Å². The second-order valence-corrected chi connectivity index (χ2v) is 6.78. The van der Waals surface area contributed by atoms with Crippen LogP contribution in [-0.2, 0) is 0 Å². The number of aryl methyl sites for hydroxylation is 1. The van der Waals surface area contributed by atoms with Crippen LogP contribution in [0.25, 0.3) is 0 Å². The third-order valence-corrected chi connectivity index (χ3v) is 5.06. The molecule has 23 heavy (non-hydrogen) atoms. The molecule has 1 aliphatic heterocycles. The first-order valence-electron chi connectivity index (χ1n) is 7.14. The van der Waals surface area contributed by atoms with Crippen LogP contribution in [0.3, 0.4) is 0 Å². The lowest BCUT2D eigenvalue weighted by molar-refractivity contribution is 0.198. The average Bonchev–Trinajstić information content (AvgIpc) is 2.99. The summed E-state index contributed by atoms with van der Waals surface area (Å²) >= 11 is 7.95. The number of aromatic hydroxyl groups is 1. The van der Waals surface area contributed by atoms with Gasteiger partial charge in [0.05, 0.1) is 6.04 Å². The molecule has 2 N–H and O–H groups in total. The molecule has 1 aromatic heterocycles. The first kappa shape index (κ1) is 20.6. The zero-order valence-corrected chi connectivity index (χ0v) is 16.0. The molecule has 0 aliphatic carbocycles. The van der Waals surface area contributed by atoms with Crippen LogP contribution in [-0.4, -0.2) is 36.2 Å². The largest absolute Gasteiger partial charge is 0.507 e. The zero-order chi connectivity index (χ0) is 14.8. The van der Waals surface area contributed by atoms with Crippen LogP contribution < -0.4 is 5.32 Å². The van der Waals surface area contributed by atoms with Crippen LogP contribution in [0.2, 0.25) is 5.02 Å². The third-order valence-electron chi connectivity index (χ3n) is 3.92. The van der Waals surface area contributed by atoms with E-state index in [-0.39, 0.29) is 30.9 Å². The Kier molecular flexibility index (Phi) is 8.14. The lowest BCUT2D eigenvalue weighted by Crippen LogP contribution is -2.45. The van der Waals surface area contributed by atoms with E-state index in [4.69, 9.17) is 11.6 Å². The topological polar surface area (TPSA) is 35.5 Å². The van der Waals surface area contributed by atoms with Crippen LogP contribution in [0.4, 0.5) is 0 Å². The maximum atomic E-state index is 10.5. The molecule has 7 heteroatoms. The lowest BCUT2D eigenvalue weighted by Gasteiger charge is -2.35. The summed E-state index contributed by atoms with van der Waals surface area (Å²) in [6.07, 6.45) is 0. The summed E-state index contributed by atoms with van der Waals surface area (Å²) in [5, 5.41) is 16.7. The van der Waals surface area contributed by atoms with E-state index < -0.39 is 0 Å². The molecule has 1 atom stereocenters. The molecular weight excluding hydrogens is 375 g/mol. The number of hydrogen-bond donors (Lipinski definition) is 2. The number of rotatable bonds is 3. The van der Waals surface area contributed by atoms with Crippen molar-refractivity contribution in [1.29, 1.82) is 0 Å². The number of hydrogen-bond acceptors (Lipinski definition) is 4. The highest BCUT2D eigenvalue weighted by Gasteiger charge is 2.27. The van der Waals surface area contributed by atoms with Crippen LogP contribution in [0, 0.1) is 6.92 Å². The first-order chi connectivity index (χ1) is 10.2. The number of phenols is 1. The van der Waals surface area contributed by atoms with E-state index in [0.29, 0.717) is 10.8 Å². The molecular formula is C16H21Cl3N2OS. The van der Waals surface area contributed by atoms with Gasteiger partial charge in [-0.2, -0.15) is 0 Å². The van der Waals surface area contributed by atoms with Crippen LogP contribution in [0.15, 0.2) is 29.6 Å². The van der Waals surface area contributed by atoms with Gasteiger partial charge < -0.3 is 10.4 Å². The first-order valence-corrected chi connectivity index (χ1v) is 8.40. The summed E-state index contributed by atoms with van der Waals surface area (Å²) in [5.41, 5.74) is 1.73. The molecule has 3 nitrogen and oxygen atoms in total. The molecule has 1 aliphatic rings. The van der Waals surface area contributed by atoms with E-state index in [2.05, 4.69) is 27.7 Å². The summed E-state index contributed by atoms with van der Waals surface area (Å²) < 4.78 is 0. The zero-order valence-electron chi connectivity index (χ0n) is 12.8. The molecule has 0 unspecified atom stereocenters. The minimum Gasteiger partial charge on any atom is -0.507 e. The molecule has 0 saturated carbocycles. The van der Waals surface area contributed by atoms with Crippen LogP contribution in [0.1, 0.15) is 22.0 Å². The Labute approximate surface area is 158 Å². The maximum absolute atomic E-state index is 10.5. The molecule has 3 rings (SSSR count). The predicted molar refractivity (Wildman–Crippen MR) is 103 cm³/mol. The van der Waals surface area contributed by atoms with Gasteiger partial charge in [-0.25, -0.2) is 0 Å². The highest BCUT2D eigenvalue weighted by atomic mass is 35.5. The normalized spacial score (nSPS) is 16.3. The number of piperazine rings is 1. The van der Waals surface area contributed by atoms with Gasteiger partial charge in [0, 0.05) is 41.6 Å². The fraction of sp³-hybridized carbons (Fsp3) is 0.375. The summed E-state index contributed by atoms with van der Waals surface area (Å²) in [7, 11) is 0. The summed E-state index contributed by atoms with van der Waals surface area (Å²) in [6, 6.07) is 7.97. The van der Waals surface area contributed by atoms with Crippen molar-refractivity contribution >= 4 is 47.8 Å². The standard InChI is InChI=1S/C16H19ClN2OS.2ClH/c1-11-9-12(17)10-13(16(11)20)15(14-3-2-8-21-14)19-6-4-18-5-7-19;;/h2-3,8-10,15,18,20H,4-7H2,1H3;2*1H/t15-;;/m1../s1. The SMILES string of the molecule is Cc1cc(Cl)cc([C@H](c2cccs2)N2CCNCC2)c1O.Cl.Cl. The molecule has 1 fully saturated rings. The Balaban J connectivity index is 0.00000132. The Morgan fingerprint density at radius 1 is 1.26 bits per heavy atom. The van der Waals surface area contributed by atoms with Crippen molar-refractivity contribution in [1.82, 2.24) is 10.2 Å². The van der Waals surface area contributed by atoms with Crippen molar-refractivity contribution in [3.05, 3.63) is 50.7 Å². The van der Waals surface area contributed by atoms with Gasteiger partial charge in [-0.1, -0.05) is 17.7 Å². The van der Waals surface area contributed by atoms with Crippen LogP contribution >= 0.6 is 47.8 Å². The fourth-order valence-electron chi connectivity index (χ4n) is 2.89. The summed E-state index contributed by atoms with van der Waals surface area (Å²) in [4.78, 5) is 3.65. The van der Waals surface area contributed by atoms with Gasteiger partial charge in [-0.3, -0.25) is 4.90 Å². The average molecular weight is 396 g/mol. The molecule has 2 heterocycles. The van der Waals surface area contributed by atoms with E-state index in [1.165, 1.54) is 4.88 Å². The minimum atomic E-state index is 0. The van der Waals surface area contributed by atoms with Crippen LogP contribution in [0.5, 0.6) is 5.75 Å². The van der Waals surface area contributed by atoms with Gasteiger partial charge in [0.25, 0.3) is 0 Å². The second-order valence-electron chi connectivity index (χ2n) is 5.36. The van der Waals surface area contributed by atoms with Crippen molar-refractivity contribution in [2.45, 2.75) is 13.0 Å². The molecule has 0 radical (unpaired) electrons. The Bertz CT molecular complexity index is 616. The number of thiophene rings is 1. The molecule has 0 spiro atoms. The minimum absolute atomic E-state index is 0. The van der Waals surface area contributed by atoms with E-state index in [0.717, 1.165) is 37.3 Å². The monoisotopic (exact) mass is 394 g/mol. The third kappa shape index (κ3) is 4.53. The van der Waals surface area contributed by atoms with Gasteiger partial charge in [0.15, 0.2) is 0 Å². The van der Waals surface area contributed by atoms with Gasteiger partial charge in [-0.05, 0) is 36.1 Å². The maximum Gasteiger partial charge on any atom is 0.123 e. The van der Waals surface area contributed by atoms with Crippen molar-refractivity contribution in [3.63, 3.8) is 0 Å². The predicted octanol–water partition coefficient (Wildman–Crippen LogP) is 4.25. The van der Waals surface area contributed by atoms with Crippen molar-refractivity contribution in [3.8, 4) is 5.75 Å². The number of nitrogens with zero attached hydrogens (tertiary/aromatic N) is 1. The number of benzene rings is 1. The Morgan fingerprint density at radius 3 is 2.57 bits per heavy atom.